The number of aliphatic carboxylic acids is 1. The number of hydrogen-bond acceptors (Lipinski definition) is 3. The molecule has 4 heteroatoms. The average molecular weight is 217 g/mol. The molecule has 1 N–H and O–H groups in total. The Kier molecular flexibility index (Phi) is 6.52. The summed E-state index contributed by atoms with van der Waals surface area (Å²) in [6.45, 7) is 9.20. The first-order chi connectivity index (χ1) is 6.90. The van der Waals surface area contributed by atoms with Crippen LogP contribution in [0.2, 0.25) is 0 Å². The fraction of sp³-hybridized carbons (Fsp3) is 0.909. The number of ether oxygens (including phenoxy) is 1. The van der Waals surface area contributed by atoms with Crippen molar-refractivity contribution in [3.05, 3.63) is 0 Å². The normalized spacial score (nSPS) is 13.9. The van der Waals surface area contributed by atoms with Crippen molar-refractivity contribution in [2.24, 2.45) is 5.92 Å². The number of nitrogens with zero attached hydrogens (tertiary/aromatic N) is 1. The van der Waals surface area contributed by atoms with E-state index in [9.17, 15) is 4.79 Å². The van der Waals surface area contributed by atoms with Gasteiger partial charge in [0.25, 0.3) is 0 Å². The molecular weight excluding hydrogens is 194 g/mol. The fourth-order valence-electron chi connectivity index (χ4n) is 1.59. The maximum Gasteiger partial charge on any atom is 0.323 e. The van der Waals surface area contributed by atoms with Gasteiger partial charge in [-0.1, -0.05) is 13.8 Å². The van der Waals surface area contributed by atoms with Crippen molar-refractivity contribution in [1.82, 2.24) is 4.90 Å². The Bertz CT molecular complexity index is 192. The Morgan fingerprint density at radius 2 is 1.87 bits per heavy atom. The molecule has 0 rings (SSSR count). The van der Waals surface area contributed by atoms with E-state index in [-0.39, 0.29) is 12.6 Å². The minimum atomic E-state index is -0.814. The zero-order valence-corrected chi connectivity index (χ0v) is 10.4. The van der Waals surface area contributed by atoms with Gasteiger partial charge in [0.1, 0.15) is 6.04 Å². The molecule has 4 nitrogen and oxygen atoms in total. The lowest BCUT2D eigenvalue weighted by molar-refractivity contribution is -0.146. The third-order valence-electron chi connectivity index (χ3n) is 2.25. The van der Waals surface area contributed by atoms with Gasteiger partial charge in [0.15, 0.2) is 0 Å². The first-order valence-corrected chi connectivity index (χ1v) is 5.37. The summed E-state index contributed by atoms with van der Waals surface area (Å²) in [4.78, 5) is 13.1. The van der Waals surface area contributed by atoms with Crippen LogP contribution in [0.4, 0.5) is 0 Å². The molecule has 1 atom stereocenters. The summed E-state index contributed by atoms with van der Waals surface area (Å²) in [5, 5.41) is 9.11. The van der Waals surface area contributed by atoms with Crippen LogP contribution in [0.5, 0.6) is 0 Å². The fourth-order valence-corrected chi connectivity index (χ4v) is 1.59. The maximum absolute atomic E-state index is 11.1. The highest BCUT2D eigenvalue weighted by molar-refractivity contribution is 5.73. The summed E-state index contributed by atoms with van der Waals surface area (Å²) >= 11 is 0. The molecule has 0 heterocycles. The van der Waals surface area contributed by atoms with Crippen LogP contribution in [0.3, 0.4) is 0 Å². The zero-order chi connectivity index (χ0) is 12.0. The topological polar surface area (TPSA) is 49.8 Å². The van der Waals surface area contributed by atoms with Crippen LogP contribution < -0.4 is 0 Å². The van der Waals surface area contributed by atoms with Crippen molar-refractivity contribution in [3.63, 3.8) is 0 Å². The minimum absolute atomic E-state index is 0.212. The summed E-state index contributed by atoms with van der Waals surface area (Å²) in [6.07, 6.45) is 0. The molecule has 15 heavy (non-hydrogen) atoms. The predicted molar refractivity (Wildman–Crippen MR) is 60.0 cm³/mol. The molecular formula is C11H23NO3. The van der Waals surface area contributed by atoms with Crippen molar-refractivity contribution in [2.45, 2.75) is 39.8 Å². The van der Waals surface area contributed by atoms with Gasteiger partial charge in [0, 0.05) is 19.7 Å². The highest BCUT2D eigenvalue weighted by Crippen LogP contribution is 2.10. The van der Waals surface area contributed by atoms with Crippen molar-refractivity contribution >= 4 is 5.97 Å². The number of carbonyl (C=O) groups is 1. The van der Waals surface area contributed by atoms with E-state index in [4.69, 9.17) is 9.84 Å². The molecule has 0 spiro atoms. The molecule has 0 aliphatic carbocycles. The molecule has 0 saturated heterocycles. The van der Waals surface area contributed by atoms with Gasteiger partial charge in [-0.3, -0.25) is 9.69 Å². The molecule has 0 fully saturated rings. The number of carboxylic acid groups (broad SMARTS) is 1. The van der Waals surface area contributed by atoms with E-state index in [1.54, 1.807) is 0 Å². The quantitative estimate of drug-likeness (QED) is 0.701. The molecule has 1 unspecified atom stereocenters. The predicted octanol–water partition coefficient (Wildman–Crippen LogP) is 1.45. The molecule has 0 aromatic carbocycles. The minimum Gasteiger partial charge on any atom is -0.480 e. The molecule has 0 amide bonds. The van der Waals surface area contributed by atoms with Gasteiger partial charge in [-0.05, 0) is 19.8 Å². The molecule has 90 valence electrons. The van der Waals surface area contributed by atoms with Crippen LogP contribution in [-0.4, -0.2) is 48.3 Å². The molecule has 0 aliphatic heterocycles. The molecule has 0 aromatic heterocycles. The van der Waals surface area contributed by atoms with Crippen LogP contribution >= 0.6 is 0 Å². The Morgan fingerprint density at radius 3 is 2.13 bits per heavy atom. The van der Waals surface area contributed by atoms with Crippen molar-refractivity contribution < 1.29 is 14.6 Å². The van der Waals surface area contributed by atoms with Crippen molar-refractivity contribution in [2.75, 3.05) is 20.3 Å². The standard InChI is InChI=1S/C11H23NO3/c1-8(2)6-12(9(3)4)10(7-15-5)11(13)14/h8-10H,6-7H2,1-5H3,(H,13,14). The molecule has 0 radical (unpaired) electrons. The maximum atomic E-state index is 11.1. The summed E-state index contributed by atoms with van der Waals surface area (Å²) in [7, 11) is 1.53. The lowest BCUT2D eigenvalue weighted by atomic mass is 10.1. The Hall–Kier alpha value is -0.610. The molecule has 0 aliphatic rings. The number of carboxylic acids is 1. The summed E-state index contributed by atoms with van der Waals surface area (Å²) in [6, 6.07) is -0.332. The van der Waals surface area contributed by atoms with E-state index in [1.165, 1.54) is 7.11 Å². The van der Waals surface area contributed by atoms with E-state index in [0.29, 0.717) is 5.92 Å². The second-order valence-corrected chi connectivity index (χ2v) is 4.49. The Morgan fingerprint density at radius 1 is 1.33 bits per heavy atom. The first kappa shape index (κ1) is 14.4. The average Bonchev–Trinajstić information content (AvgIpc) is 2.09. The van der Waals surface area contributed by atoms with Crippen LogP contribution in [0, 0.1) is 5.92 Å². The molecule has 0 bridgehead atoms. The van der Waals surface area contributed by atoms with Crippen LogP contribution in [0.15, 0.2) is 0 Å². The van der Waals surface area contributed by atoms with Crippen LogP contribution in [0.25, 0.3) is 0 Å². The summed E-state index contributed by atoms with van der Waals surface area (Å²) in [5.74, 6) is -0.364. The lowest BCUT2D eigenvalue weighted by Gasteiger charge is -2.33. The van der Waals surface area contributed by atoms with Gasteiger partial charge in [0.05, 0.1) is 6.61 Å². The SMILES string of the molecule is COCC(C(=O)O)N(CC(C)C)C(C)C. The van der Waals surface area contributed by atoms with Crippen molar-refractivity contribution in [1.29, 1.82) is 0 Å². The van der Waals surface area contributed by atoms with Gasteiger partial charge in [-0.25, -0.2) is 0 Å². The third-order valence-corrected chi connectivity index (χ3v) is 2.25. The second-order valence-electron chi connectivity index (χ2n) is 4.49. The van der Waals surface area contributed by atoms with E-state index in [0.717, 1.165) is 6.54 Å². The summed E-state index contributed by atoms with van der Waals surface area (Å²) in [5.41, 5.74) is 0. The highest BCUT2D eigenvalue weighted by atomic mass is 16.5. The van der Waals surface area contributed by atoms with Gasteiger partial charge >= 0.3 is 5.97 Å². The number of hydrogen-bond donors (Lipinski definition) is 1. The number of rotatable bonds is 7. The molecule has 0 aromatic rings. The van der Waals surface area contributed by atoms with Gasteiger partial charge < -0.3 is 9.84 Å². The Labute approximate surface area is 92.2 Å². The van der Waals surface area contributed by atoms with Gasteiger partial charge in [-0.15, -0.1) is 0 Å². The van der Waals surface area contributed by atoms with Gasteiger partial charge in [0.2, 0.25) is 0 Å². The van der Waals surface area contributed by atoms with E-state index >= 15 is 0 Å². The van der Waals surface area contributed by atoms with Crippen LogP contribution in [0.1, 0.15) is 27.7 Å². The van der Waals surface area contributed by atoms with Crippen LogP contribution in [-0.2, 0) is 9.53 Å². The second kappa shape index (κ2) is 6.80. The first-order valence-electron chi connectivity index (χ1n) is 5.37. The smallest absolute Gasteiger partial charge is 0.323 e. The van der Waals surface area contributed by atoms with E-state index in [2.05, 4.69) is 13.8 Å². The van der Waals surface area contributed by atoms with E-state index in [1.807, 2.05) is 18.7 Å². The Balaban J connectivity index is 4.59. The van der Waals surface area contributed by atoms with Gasteiger partial charge in [-0.2, -0.15) is 0 Å². The summed E-state index contributed by atoms with van der Waals surface area (Å²) < 4.78 is 4.96. The highest BCUT2D eigenvalue weighted by Gasteiger charge is 2.27. The zero-order valence-electron chi connectivity index (χ0n) is 10.4. The molecule has 0 saturated carbocycles. The van der Waals surface area contributed by atoms with Crippen molar-refractivity contribution in [3.8, 4) is 0 Å². The lowest BCUT2D eigenvalue weighted by Crippen LogP contribution is -2.49. The largest absolute Gasteiger partial charge is 0.480 e. The third kappa shape index (κ3) is 5.14. The number of methoxy groups -OCH3 is 1. The van der Waals surface area contributed by atoms with E-state index < -0.39 is 12.0 Å². The monoisotopic (exact) mass is 217 g/mol.